The van der Waals surface area contributed by atoms with Gasteiger partial charge in [0.1, 0.15) is 42.6 Å². The summed E-state index contributed by atoms with van der Waals surface area (Å²) in [4.78, 5) is 34.3. The van der Waals surface area contributed by atoms with E-state index in [-0.39, 0.29) is 47.1 Å². The lowest BCUT2D eigenvalue weighted by atomic mass is 9.96. The zero-order valence-corrected chi connectivity index (χ0v) is 40.4. The standard InChI is InChI=1S/C49H57F2IN6O3Si/c1-29(2)62(30(3)4,31(5)6)23-21-38-41(50)19-16-32-12-10-15-39(42(32)38)44-43(51)45-40(25-53-44)46(57-26-35-17-18-36(27-57)58(35)48(59)61-49(7,8)9)55-47(54-45)60-37-20-22-56(28-37)34-14-11-13-33(52)24-34/h10-16,19,24-25,29-31,35-37H,17-18,20,22,26-28H2,1-9H3/t35-,36+,37-/m1/s1. The average molecular weight is 971 g/mol. The predicted molar refractivity (Wildman–Crippen MR) is 256 cm³/mol. The normalized spacial score (nSPS) is 19.3. The minimum absolute atomic E-state index is 0.0490. The van der Waals surface area contributed by atoms with Crippen LogP contribution in [0.4, 0.5) is 25.1 Å². The van der Waals surface area contributed by atoms with Gasteiger partial charge in [-0.3, -0.25) is 9.88 Å². The van der Waals surface area contributed by atoms with Gasteiger partial charge in [0.15, 0.2) is 5.82 Å². The molecular weight excluding hydrogens is 914 g/mol. The van der Waals surface area contributed by atoms with Gasteiger partial charge in [-0.1, -0.05) is 77.8 Å². The van der Waals surface area contributed by atoms with E-state index in [2.05, 4.69) is 104 Å². The molecule has 5 aromatic rings. The Balaban J connectivity index is 1.23. The van der Waals surface area contributed by atoms with Gasteiger partial charge in [0.2, 0.25) is 0 Å². The fraction of sp³-hybridized carbons (Fsp3) is 0.469. The zero-order chi connectivity index (χ0) is 44.2. The summed E-state index contributed by atoms with van der Waals surface area (Å²) < 4.78 is 47.3. The molecule has 3 aliphatic heterocycles. The Morgan fingerprint density at radius 3 is 2.24 bits per heavy atom. The summed E-state index contributed by atoms with van der Waals surface area (Å²) in [5.41, 5.74) is 6.04. The molecule has 0 saturated carbocycles. The minimum Gasteiger partial charge on any atom is -0.458 e. The van der Waals surface area contributed by atoms with Crippen LogP contribution in [-0.4, -0.2) is 84.0 Å². The van der Waals surface area contributed by atoms with E-state index in [0.29, 0.717) is 58.4 Å². The van der Waals surface area contributed by atoms with Crippen LogP contribution < -0.4 is 14.5 Å². The first-order chi connectivity index (χ1) is 29.4. The number of amides is 1. The summed E-state index contributed by atoms with van der Waals surface area (Å²) in [6, 6.07) is 16.9. The maximum absolute atomic E-state index is 17.6. The van der Waals surface area contributed by atoms with Crippen molar-refractivity contribution in [2.24, 2.45) is 0 Å². The molecule has 3 fully saturated rings. The number of benzene rings is 3. The van der Waals surface area contributed by atoms with Crippen molar-refractivity contribution in [2.75, 3.05) is 36.0 Å². The Labute approximate surface area is 379 Å². The van der Waals surface area contributed by atoms with E-state index in [1.807, 2.05) is 43.9 Å². The fourth-order valence-corrected chi connectivity index (χ4v) is 16.1. The number of carbonyl (C=O) groups is 1. The number of aromatic nitrogens is 3. The van der Waals surface area contributed by atoms with Crippen molar-refractivity contribution in [3.05, 3.63) is 81.6 Å². The van der Waals surface area contributed by atoms with E-state index in [0.717, 1.165) is 40.5 Å². The number of nitrogens with zero attached hydrogens (tertiary/aromatic N) is 6. The molecule has 13 heteroatoms. The maximum Gasteiger partial charge on any atom is 0.410 e. The molecule has 3 saturated heterocycles. The van der Waals surface area contributed by atoms with Gasteiger partial charge in [-0.2, -0.15) is 9.97 Å². The molecule has 0 N–H and O–H groups in total. The third-order valence-corrected chi connectivity index (χ3v) is 20.1. The molecule has 0 spiro atoms. The Morgan fingerprint density at radius 2 is 1.58 bits per heavy atom. The Morgan fingerprint density at radius 1 is 0.887 bits per heavy atom. The highest BCUT2D eigenvalue weighted by atomic mass is 127. The molecule has 2 bridgehead atoms. The van der Waals surface area contributed by atoms with Gasteiger partial charge in [-0.15, -0.1) is 5.54 Å². The second-order valence-electron chi connectivity index (χ2n) is 19.1. The van der Waals surface area contributed by atoms with Gasteiger partial charge < -0.3 is 19.3 Å². The summed E-state index contributed by atoms with van der Waals surface area (Å²) >= 11 is 2.32. The van der Waals surface area contributed by atoms with Crippen LogP contribution in [-0.2, 0) is 4.74 Å². The van der Waals surface area contributed by atoms with Crippen molar-refractivity contribution < 1.29 is 23.0 Å². The molecule has 1 amide bonds. The summed E-state index contributed by atoms with van der Waals surface area (Å²) in [7, 11) is -2.25. The number of anilines is 2. The topological polar surface area (TPSA) is 83.9 Å². The van der Waals surface area contributed by atoms with Gasteiger partial charge in [0.25, 0.3) is 0 Å². The monoisotopic (exact) mass is 970 g/mol. The molecule has 3 atom stereocenters. The molecule has 3 aromatic carbocycles. The highest BCUT2D eigenvalue weighted by molar-refractivity contribution is 14.1. The lowest BCUT2D eigenvalue weighted by Crippen LogP contribution is -2.57. The van der Waals surface area contributed by atoms with Gasteiger partial charge >= 0.3 is 12.1 Å². The predicted octanol–water partition coefficient (Wildman–Crippen LogP) is 11.5. The van der Waals surface area contributed by atoms with Crippen LogP contribution in [0.25, 0.3) is 32.9 Å². The van der Waals surface area contributed by atoms with Gasteiger partial charge in [-0.25, -0.2) is 13.6 Å². The second kappa shape index (κ2) is 17.2. The molecule has 0 aliphatic carbocycles. The zero-order valence-electron chi connectivity index (χ0n) is 37.2. The lowest BCUT2D eigenvalue weighted by molar-refractivity contribution is 0.0122. The first kappa shape index (κ1) is 44.1. The van der Waals surface area contributed by atoms with E-state index in [1.165, 1.54) is 6.07 Å². The molecular formula is C49H57F2IN6O3Si. The molecule has 5 heterocycles. The number of pyridine rings is 1. The van der Waals surface area contributed by atoms with E-state index >= 15 is 8.78 Å². The summed E-state index contributed by atoms with van der Waals surface area (Å²) in [5, 5.41) is 1.70. The molecule has 0 unspecified atom stereocenters. The number of piperazine rings is 1. The van der Waals surface area contributed by atoms with Crippen molar-refractivity contribution in [3.63, 3.8) is 0 Å². The van der Waals surface area contributed by atoms with Crippen LogP contribution in [0.5, 0.6) is 6.01 Å². The van der Waals surface area contributed by atoms with E-state index in [4.69, 9.17) is 24.4 Å². The van der Waals surface area contributed by atoms with E-state index < -0.39 is 25.3 Å². The van der Waals surface area contributed by atoms with Crippen LogP contribution in [0.2, 0.25) is 16.6 Å². The highest BCUT2D eigenvalue weighted by Gasteiger charge is 2.45. The van der Waals surface area contributed by atoms with Gasteiger partial charge in [0.05, 0.1) is 29.6 Å². The molecule has 8 rings (SSSR count). The first-order valence-electron chi connectivity index (χ1n) is 22.0. The minimum atomic E-state index is -2.25. The van der Waals surface area contributed by atoms with Crippen LogP contribution in [0.3, 0.4) is 0 Å². The number of ether oxygens (including phenoxy) is 2. The fourth-order valence-electron chi connectivity index (χ4n) is 10.3. The molecule has 0 radical (unpaired) electrons. The van der Waals surface area contributed by atoms with Crippen LogP contribution in [0.1, 0.15) is 87.1 Å². The van der Waals surface area contributed by atoms with Crippen molar-refractivity contribution in [3.8, 4) is 28.7 Å². The summed E-state index contributed by atoms with van der Waals surface area (Å²) in [6.45, 7) is 21.4. The van der Waals surface area contributed by atoms with Crippen LogP contribution in [0.15, 0.2) is 60.8 Å². The van der Waals surface area contributed by atoms with Crippen molar-refractivity contribution in [1.29, 1.82) is 0 Å². The molecule has 9 nitrogen and oxygen atoms in total. The van der Waals surface area contributed by atoms with Crippen LogP contribution in [0, 0.1) is 26.7 Å². The van der Waals surface area contributed by atoms with Gasteiger partial charge in [-0.05, 0) is 102 Å². The number of fused-ring (bicyclic) bond motifs is 4. The average Bonchev–Trinajstić information content (AvgIpc) is 3.78. The number of hydrogen-bond donors (Lipinski definition) is 0. The Kier molecular flexibility index (Phi) is 12.2. The highest BCUT2D eigenvalue weighted by Crippen LogP contribution is 2.43. The third kappa shape index (κ3) is 8.33. The van der Waals surface area contributed by atoms with E-state index in [9.17, 15) is 4.79 Å². The van der Waals surface area contributed by atoms with Crippen molar-refractivity contribution in [2.45, 2.75) is 122 Å². The molecule has 3 aliphatic rings. The SMILES string of the molecule is CC(C)[Si](C#Cc1c(F)ccc2cccc(-c3ncc4c(N5C[C@H]6CC[C@@H](C5)N6C(=O)OC(C)(C)C)nc(O[C@@H]5CCN(c6cccc(I)c6)C5)nc4c3F)c12)(C(C)C)C(C)C. The van der Waals surface area contributed by atoms with E-state index in [1.54, 1.807) is 18.3 Å². The van der Waals surface area contributed by atoms with Crippen LogP contribution >= 0.6 is 22.6 Å². The first-order valence-corrected chi connectivity index (χ1v) is 25.3. The Hall–Kier alpha value is -4.55. The number of halogens is 3. The Bertz CT molecular complexity index is 2550. The number of carbonyl (C=O) groups excluding carboxylic acids is 1. The lowest BCUT2D eigenvalue weighted by Gasteiger charge is -2.42. The van der Waals surface area contributed by atoms with Crippen molar-refractivity contribution in [1.82, 2.24) is 19.9 Å². The quantitative estimate of drug-likeness (QED) is 0.0864. The number of hydrogen-bond acceptors (Lipinski definition) is 8. The molecule has 62 heavy (non-hydrogen) atoms. The summed E-state index contributed by atoms with van der Waals surface area (Å²) in [5.74, 6) is 2.76. The van der Waals surface area contributed by atoms with Gasteiger partial charge in [0, 0.05) is 52.5 Å². The smallest absolute Gasteiger partial charge is 0.410 e. The number of rotatable bonds is 8. The molecule has 326 valence electrons. The third-order valence-electron chi connectivity index (χ3n) is 13.1. The summed E-state index contributed by atoms with van der Waals surface area (Å²) in [6.07, 6.45) is 3.45. The largest absolute Gasteiger partial charge is 0.458 e. The second-order valence-corrected chi connectivity index (χ2v) is 25.9. The van der Waals surface area contributed by atoms with Crippen molar-refractivity contribution >= 4 is 69.9 Å². The maximum atomic E-state index is 17.6. The molecule has 2 aromatic heterocycles.